The quantitative estimate of drug-likeness (QED) is 0.285. The number of aryl methyl sites for hydroxylation is 2. The Morgan fingerprint density at radius 1 is 0.892 bits per heavy atom. The SMILES string of the molecule is COc1ccc(CCn2cnc3c4ccccc4n(Cc4cccc(C(F)(F)F)c4)c3c2=O)cc1OC. The lowest BCUT2D eigenvalue weighted by Crippen LogP contribution is -2.23. The maximum Gasteiger partial charge on any atom is 0.416 e. The molecule has 0 amide bonds. The minimum absolute atomic E-state index is 0.102. The van der Waals surface area contributed by atoms with E-state index in [4.69, 9.17) is 9.47 Å². The van der Waals surface area contributed by atoms with E-state index in [0.717, 1.165) is 28.6 Å². The predicted octanol–water partition coefficient (Wildman–Crippen LogP) is 5.68. The number of fused-ring (bicyclic) bond motifs is 3. The Labute approximate surface area is 210 Å². The number of aromatic nitrogens is 3. The summed E-state index contributed by atoms with van der Waals surface area (Å²) < 4.78 is 53.8. The van der Waals surface area contributed by atoms with Crippen molar-refractivity contribution in [2.24, 2.45) is 0 Å². The molecule has 0 N–H and O–H groups in total. The lowest BCUT2D eigenvalue weighted by molar-refractivity contribution is -0.137. The average molecular weight is 508 g/mol. The molecule has 0 saturated heterocycles. The lowest BCUT2D eigenvalue weighted by atomic mass is 10.1. The summed E-state index contributed by atoms with van der Waals surface area (Å²) in [5.41, 5.74) is 2.03. The van der Waals surface area contributed by atoms with Gasteiger partial charge < -0.3 is 14.0 Å². The van der Waals surface area contributed by atoms with E-state index in [9.17, 15) is 18.0 Å². The topological polar surface area (TPSA) is 58.3 Å². The molecule has 2 aromatic heterocycles. The first-order valence-corrected chi connectivity index (χ1v) is 11.6. The highest BCUT2D eigenvalue weighted by Crippen LogP contribution is 2.31. The van der Waals surface area contributed by atoms with Crippen molar-refractivity contribution in [1.82, 2.24) is 14.1 Å². The van der Waals surface area contributed by atoms with Gasteiger partial charge in [-0.2, -0.15) is 13.2 Å². The molecule has 0 saturated carbocycles. The van der Waals surface area contributed by atoms with Gasteiger partial charge in [-0.15, -0.1) is 0 Å². The summed E-state index contributed by atoms with van der Waals surface area (Å²) in [6, 6.07) is 18.1. The molecule has 190 valence electrons. The van der Waals surface area contributed by atoms with Crippen LogP contribution in [0.5, 0.6) is 11.5 Å². The highest BCUT2D eigenvalue weighted by molar-refractivity contribution is 6.05. The molecule has 0 bridgehead atoms. The number of rotatable bonds is 7. The first-order valence-electron chi connectivity index (χ1n) is 11.6. The summed E-state index contributed by atoms with van der Waals surface area (Å²) in [4.78, 5) is 18.2. The van der Waals surface area contributed by atoms with E-state index in [2.05, 4.69) is 4.98 Å². The van der Waals surface area contributed by atoms with Crippen molar-refractivity contribution in [2.75, 3.05) is 14.2 Å². The van der Waals surface area contributed by atoms with E-state index in [1.165, 1.54) is 17.0 Å². The number of benzene rings is 3. The number of halogens is 3. The molecule has 3 aromatic carbocycles. The number of hydrogen-bond acceptors (Lipinski definition) is 4. The minimum atomic E-state index is -4.45. The lowest BCUT2D eigenvalue weighted by Gasteiger charge is -2.12. The van der Waals surface area contributed by atoms with Crippen LogP contribution in [0.2, 0.25) is 0 Å². The van der Waals surface area contributed by atoms with Gasteiger partial charge in [0.1, 0.15) is 11.0 Å². The van der Waals surface area contributed by atoms with E-state index < -0.39 is 11.7 Å². The molecule has 0 aliphatic rings. The normalized spacial score (nSPS) is 11.8. The summed E-state index contributed by atoms with van der Waals surface area (Å²) in [7, 11) is 3.13. The Bertz CT molecular complexity index is 1650. The second-order valence-electron chi connectivity index (χ2n) is 8.68. The Kier molecular flexibility index (Phi) is 6.37. The fourth-order valence-electron chi connectivity index (χ4n) is 4.59. The molecule has 0 spiro atoms. The van der Waals surface area contributed by atoms with E-state index in [1.54, 1.807) is 24.9 Å². The predicted molar refractivity (Wildman–Crippen MR) is 135 cm³/mol. The third kappa shape index (κ3) is 4.64. The highest BCUT2D eigenvalue weighted by atomic mass is 19.4. The number of methoxy groups -OCH3 is 2. The Hall–Kier alpha value is -4.27. The molecule has 37 heavy (non-hydrogen) atoms. The molecular formula is C28H24F3N3O3. The fourth-order valence-corrected chi connectivity index (χ4v) is 4.59. The van der Waals surface area contributed by atoms with Crippen LogP contribution in [0.4, 0.5) is 13.2 Å². The van der Waals surface area contributed by atoms with Crippen LogP contribution in [-0.2, 0) is 25.7 Å². The van der Waals surface area contributed by atoms with Gasteiger partial charge in [0, 0.05) is 18.5 Å². The van der Waals surface area contributed by atoms with Gasteiger partial charge in [-0.3, -0.25) is 9.36 Å². The van der Waals surface area contributed by atoms with Gasteiger partial charge in [0.05, 0.1) is 31.6 Å². The number of ether oxygens (including phenoxy) is 2. The largest absolute Gasteiger partial charge is 0.493 e. The molecule has 0 unspecified atom stereocenters. The summed E-state index contributed by atoms with van der Waals surface area (Å²) in [5, 5.41) is 0.772. The highest BCUT2D eigenvalue weighted by Gasteiger charge is 2.30. The molecule has 5 aromatic rings. The Morgan fingerprint density at radius 3 is 2.43 bits per heavy atom. The maximum atomic E-state index is 13.7. The van der Waals surface area contributed by atoms with Crippen molar-refractivity contribution in [2.45, 2.75) is 25.7 Å². The summed E-state index contributed by atoms with van der Waals surface area (Å²) in [5.74, 6) is 1.22. The summed E-state index contributed by atoms with van der Waals surface area (Å²) in [6.07, 6.45) is -2.39. The smallest absolute Gasteiger partial charge is 0.416 e. The monoisotopic (exact) mass is 507 g/mol. The molecule has 9 heteroatoms. The third-order valence-electron chi connectivity index (χ3n) is 6.42. The van der Waals surface area contributed by atoms with Gasteiger partial charge in [-0.05, 0) is 47.9 Å². The molecule has 0 radical (unpaired) electrons. The van der Waals surface area contributed by atoms with Gasteiger partial charge in [0.2, 0.25) is 0 Å². The molecule has 0 aliphatic heterocycles. The van der Waals surface area contributed by atoms with E-state index in [0.29, 0.717) is 41.1 Å². The number of nitrogens with zero attached hydrogens (tertiary/aromatic N) is 3. The van der Waals surface area contributed by atoms with Crippen LogP contribution in [-0.4, -0.2) is 28.3 Å². The average Bonchev–Trinajstić information content (AvgIpc) is 3.22. The van der Waals surface area contributed by atoms with Crippen molar-refractivity contribution in [1.29, 1.82) is 0 Å². The standard InChI is InChI=1S/C28H24F3N3O3/c1-36-23-11-10-18(15-24(23)37-2)12-13-33-17-32-25-21-8-3-4-9-22(21)34(26(25)27(33)35)16-19-6-5-7-20(14-19)28(29,30)31/h3-11,14-15,17H,12-13,16H2,1-2H3. The van der Waals surface area contributed by atoms with Crippen LogP contribution in [0.3, 0.4) is 0 Å². The van der Waals surface area contributed by atoms with Crippen molar-refractivity contribution in [3.8, 4) is 11.5 Å². The Morgan fingerprint density at radius 2 is 1.68 bits per heavy atom. The summed E-state index contributed by atoms with van der Waals surface area (Å²) in [6.45, 7) is 0.465. The van der Waals surface area contributed by atoms with Crippen LogP contribution in [0.15, 0.2) is 77.9 Å². The van der Waals surface area contributed by atoms with E-state index in [1.807, 2.05) is 42.5 Å². The van der Waals surface area contributed by atoms with Gasteiger partial charge in [0.25, 0.3) is 5.56 Å². The zero-order valence-electron chi connectivity index (χ0n) is 20.2. The molecule has 6 nitrogen and oxygen atoms in total. The molecule has 0 atom stereocenters. The number of alkyl halides is 3. The van der Waals surface area contributed by atoms with E-state index in [-0.39, 0.29) is 12.1 Å². The van der Waals surface area contributed by atoms with Crippen LogP contribution < -0.4 is 15.0 Å². The van der Waals surface area contributed by atoms with Crippen LogP contribution in [0.25, 0.3) is 21.9 Å². The molecule has 2 heterocycles. The van der Waals surface area contributed by atoms with E-state index >= 15 is 0 Å². The first-order chi connectivity index (χ1) is 17.8. The molecular weight excluding hydrogens is 483 g/mol. The van der Waals surface area contributed by atoms with Crippen molar-refractivity contribution in [3.63, 3.8) is 0 Å². The number of para-hydroxylation sites is 1. The van der Waals surface area contributed by atoms with Crippen LogP contribution in [0, 0.1) is 0 Å². The number of hydrogen-bond donors (Lipinski definition) is 0. The molecule has 0 aliphatic carbocycles. The van der Waals surface area contributed by atoms with Crippen molar-refractivity contribution in [3.05, 3.63) is 100 Å². The van der Waals surface area contributed by atoms with Crippen LogP contribution >= 0.6 is 0 Å². The maximum absolute atomic E-state index is 13.7. The van der Waals surface area contributed by atoms with Crippen molar-refractivity contribution >= 4 is 21.9 Å². The molecule has 0 fully saturated rings. The van der Waals surface area contributed by atoms with Gasteiger partial charge in [-0.25, -0.2) is 4.98 Å². The first kappa shape index (κ1) is 24.4. The Balaban J connectivity index is 1.55. The van der Waals surface area contributed by atoms with Crippen molar-refractivity contribution < 1.29 is 22.6 Å². The van der Waals surface area contributed by atoms with Crippen LogP contribution in [0.1, 0.15) is 16.7 Å². The van der Waals surface area contributed by atoms with Gasteiger partial charge in [-0.1, -0.05) is 36.4 Å². The fraction of sp³-hybridized carbons (Fsp3) is 0.214. The zero-order valence-corrected chi connectivity index (χ0v) is 20.2. The molecule has 5 rings (SSSR count). The second kappa shape index (κ2) is 9.65. The second-order valence-corrected chi connectivity index (χ2v) is 8.68. The summed E-state index contributed by atoms with van der Waals surface area (Å²) >= 11 is 0. The minimum Gasteiger partial charge on any atom is -0.493 e. The zero-order chi connectivity index (χ0) is 26.2. The van der Waals surface area contributed by atoms with Gasteiger partial charge in [0.15, 0.2) is 11.5 Å². The van der Waals surface area contributed by atoms with Gasteiger partial charge >= 0.3 is 6.18 Å². The third-order valence-corrected chi connectivity index (χ3v) is 6.42.